The molecule has 0 saturated carbocycles. The number of fused-ring (bicyclic) bond motifs is 1. The monoisotopic (exact) mass is 313 g/mol. The van der Waals surface area contributed by atoms with Gasteiger partial charge in [0.25, 0.3) is 0 Å². The maximum atomic E-state index is 6.19. The molecule has 0 spiro atoms. The lowest BCUT2D eigenvalue weighted by molar-refractivity contribution is 0.560. The van der Waals surface area contributed by atoms with Gasteiger partial charge in [-0.05, 0) is 53.5 Å². The number of hydrogen-bond donors (Lipinski definition) is 1. The summed E-state index contributed by atoms with van der Waals surface area (Å²) in [5.74, 6) is 1.73. The van der Waals surface area contributed by atoms with Crippen LogP contribution in [0.2, 0.25) is 5.15 Å². The fourth-order valence-corrected chi connectivity index (χ4v) is 3.34. The van der Waals surface area contributed by atoms with Gasteiger partial charge in [-0.1, -0.05) is 11.6 Å². The van der Waals surface area contributed by atoms with Crippen LogP contribution < -0.4 is 5.32 Å². The van der Waals surface area contributed by atoms with Crippen LogP contribution in [0.1, 0.15) is 12.2 Å². The van der Waals surface area contributed by atoms with E-state index in [2.05, 4.69) is 30.6 Å². The van der Waals surface area contributed by atoms with E-state index in [0.717, 1.165) is 35.3 Å². The molecule has 17 heavy (non-hydrogen) atoms. The number of rotatable bonds is 2. The molecule has 1 saturated heterocycles. The van der Waals surface area contributed by atoms with E-state index in [1.54, 1.807) is 0 Å². The van der Waals surface area contributed by atoms with Crippen molar-refractivity contribution >= 4 is 33.0 Å². The van der Waals surface area contributed by atoms with Crippen LogP contribution in [0.3, 0.4) is 0 Å². The molecular formula is C12H13BrClN3. The summed E-state index contributed by atoms with van der Waals surface area (Å²) in [6.07, 6.45) is 4.23. The molecule has 5 heteroatoms. The van der Waals surface area contributed by atoms with Crippen molar-refractivity contribution in [3.8, 4) is 0 Å². The highest BCUT2D eigenvalue weighted by atomic mass is 79.9. The molecule has 0 radical (unpaired) electrons. The summed E-state index contributed by atoms with van der Waals surface area (Å²) in [5, 5.41) is 3.96. The summed E-state index contributed by atoms with van der Waals surface area (Å²) < 4.78 is 3.08. The van der Waals surface area contributed by atoms with E-state index >= 15 is 0 Å². The summed E-state index contributed by atoms with van der Waals surface area (Å²) in [6.45, 7) is 2.20. The lowest BCUT2D eigenvalue weighted by atomic mass is 10.1. The summed E-state index contributed by atoms with van der Waals surface area (Å²) >= 11 is 9.71. The highest BCUT2D eigenvalue weighted by molar-refractivity contribution is 9.10. The molecule has 1 aliphatic heterocycles. The average molecular weight is 315 g/mol. The highest BCUT2D eigenvalue weighted by Crippen LogP contribution is 2.27. The van der Waals surface area contributed by atoms with Gasteiger partial charge < -0.3 is 9.72 Å². The molecule has 0 amide bonds. The third-order valence-electron chi connectivity index (χ3n) is 3.28. The van der Waals surface area contributed by atoms with E-state index in [1.807, 2.05) is 18.3 Å². The van der Waals surface area contributed by atoms with Crippen LogP contribution in [0.5, 0.6) is 0 Å². The van der Waals surface area contributed by atoms with Crippen LogP contribution in [-0.2, 0) is 6.42 Å². The Labute approximate surface area is 113 Å². The quantitative estimate of drug-likeness (QED) is 0.923. The second-order valence-corrected chi connectivity index (χ2v) is 5.67. The van der Waals surface area contributed by atoms with E-state index in [-0.39, 0.29) is 0 Å². The number of nitrogens with one attached hydrogen (secondary N) is 1. The lowest BCUT2D eigenvalue weighted by Gasteiger charge is -2.07. The predicted octanol–water partition coefficient (Wildman–Crippen LogP) is 2.90. The minimum absolute atomic E-state index is 0.582. The Morgan fingerprint density at radius 2 is 2.47 bits per heavy atom. The second-order valence-electron chi connectivity index (χ2n) is 4.46. The molecule has 90 valence electrons. The molecule has 1 atom stereocenters. The van der Waals surface area contributed by atoms with Crippen molar-refractivity contribution in [2.24, 2.45) is 5.92 Å². The fraction of sp³-hybridized carbons (Fsp3) is 0.417. The predicted molar refractivity (Wildman–Crippen MR) is 72.6 cm³/mol. The van der Waals surface area contributed by atoms with Gasteiger partial charge in [-0.3, -0.25) is 0 Å². The van der Waals surface area contributed by atoms with Crippen molar-refractivity contribution in [1.29, 1.82) is 0 Å². The lowest BCUT2D eigenvalue weighted by Crippen LogP contribution is -2.12. The summed E-state index contributed by atoms with van der Waals surface area (Å²) in [7, 11) is 0. The van der Waals surface area contributed by atoms with Crippen molar-refractivity contribution in [2.45, 2.75) is 12.8 Å². The highest BCUT2D eigenvalue weighted by Gasteiger charge is 2.19. The Hall–Kier alpha value is -0.580. The minimum Gasteiger partial charge on any atom is -0.316 e. The summed E-state index contributed by atoms with van der Waals surface area (Å²) in [6, 6.07) is 4.00. The van der Waals surface area contributed by atoms with E-state index in [1.165, 1.54) is 6.42 Å². The molecule has 2 aromatic rings. The molecule has 3 rings (SSSR count). The van der Waals surface area contributed by atoms with Gasteiger partial charge in [0, 0.05) is 17.1 Å². The number of aromatic nitrogens is 2. The fourth-order valence-electron chi connectivity index (χ4n) is 2.41. The van der Waals surface area contributed by atoms with Crippen molar-refractivity contribution in [3.05, 3.63) is 33.8 Å². The van der Waals surface area contributed by atoms with Gasteiger partial charge in [0.2, 0.25) is 0 Å². The molecule has 1 fully saturated rings. The SMILES string of the molecule is Clc1nc(CC2CCNC2)n2cccc(Br)c12. The van der Waals surface area contributed by atoms with Gasteiger partial charge >= 0.3 is 0 Å². The molecule has 2 aromatic heterocycles. The van der Waals surface area contributed by atoms with Gasteiger partial charge in [0.1, 0.15) is 5.82 Å². The van der Waals surface area contributed by atoms with Crippen molar-refractivity contribution < 1.29 is 0 Å². The molecular weight excluding hydrogens is 302 g/mol. The maximum Gasteiger partial charge on any atom is 0.156 e. The van der Waals surface area contributed by atoms with E-state index in [4.69, 9.17) is 11.6 Å². The Balaban J connectivity index is 2.01. The first kappa shape index (κ1) is 11.5. The average Bonchev–Trinajstić information content (AvgIpc) is 2.90. The van der Waals surface area contributed by atoms with Gasteiger partial charge in [0.05, 0.1) is 5.52 Å². The topological polar surface area (TPSA) is 29.3 Å². The number of imidazole rings is 1. The first-order valence-corrected chi connectivity index (χ1v) is 6.94. The van der Waals surface area contributed by atoms with Gasteiger partial charge in [-0.2, -0.15) is 0 Å². The largest absolute Gasteiger partial charge is 0.316 e. The van der Waals surface area contributed by atoms with Crippen molar-refractivity contribution in [1.82, 2.24) is 14.7 Å². The first-order chi connectivity index (χ1) is 8.25. The maximum absolute atomic E-state index is 6.19. The third kappa shape index (κ3) is 2.09. The third-order valence-corrected chi connectivity index (χ3v) is 4.18. The van der Waals surface area contributed by atoms with Crippen LogP contribution in [0.25, 0.3) is 5.52 Å². The van der Waals surface area contributed by atoms with Crippen molar-refractivity contribution in [3.63, 3.8) is 0 Å². The second kappa shape index (κ2) is 4.59. The van der Waals surface area contributed by atoms with Gasteiger partial charge in [-0.25, -0.2) is 4.98 Å². The zero-order chi connectivity index (χ0) is 11.8. The number of hydrogen-bond acceptors (Lipinski definition) is 2. The molecule has 0 aliphatic carbocycles. The van der Waals surface area contributed by atoms with Gasteiger partial charge in [-0.15, -0.1) is 0 Å². The van der Waals surface area contributed by atoms with Gasteiger partial charge in [0.15, 0.2) is 5.15 Å². The van der Waals surface area contributed by atoms with Crippen molar-refractivity contribution in [2.75, 3.05) is 13.1 Å². The zero-order valence-corrected chi connectivity index (χ0v) is 11.6. The number of nitrogens with zero attached hydrogens (tertiary/aromatic N) is 2. The van der Waals surface area contributed by atoms with E-state index < -0.39 is 0 Å². The van der Waals surface area contributed by atoms with Crippen LogP contribution in [0.15, 0.2) is 22.8 Å². The molecule has 1 aliphatic rings. The molecule has 1 unspecified atom stereocenters. The number of halogens is 2. The minimum atomic E-state index is 0.582. The Morgan fingerprint density at radius 1 is 1.59 bits per heavy atom. The molecule has 3 heterocycles. The normalized spacial score (nSPS) is 20.2. The number of pyridine rings is 1. The zero-order valence-electron chi connectivity index (χ0n) is 9.29. The van der Waals surface area contributed by atoms with E-state index in [9.17, 15) is 0 Å². The molecule has 1 N–H and O–H groups in total. The first-order valence-electron chi connectivity index (χ1n) is 5.77. The Morgan fingerprint density at radius 3 is 3.24 bits per heavy atom. The van der Waals surface area contributed by atoms with Crippen LogP contribution in [-0.4, -0.2) is 22.5 Å². The molecule has 3 nitrogen and oxygen atoms in total. The Kier molecular flexibility index (Phi) is 3.11. The molecule has 0 aromatic carbocycles. The summed E-state index contributed by atoms with van der Waals surface area (Å²) in [4.78, 5) is 4.48. The Bertz CT molecular complexity index is 546. The smallest absolute Gasteiger partial charge is 0.156 e. The van der Waals surface area contributed by atoms with E-state index in [0.29, 0.717) is 11.1 Å². The summed E-state index contributed by atoms with van der Waals surface area (Å²) in [5.41, 5.74) is 0.968. The van der Waals surface area contributed by atoms with Crippen LogP contribution in [0.4, 0.5) is 0 Å². The standard InChI is InChI=1S/C12H13BrClN3/c13-9-2-1-5-17-10(16-12(14)11(9)17)6-8-3-4-15-7-8/h1-2,5,8,15H,3-4,6-7H2. The van der Waals surface area contributed by atoms with Crippen LogP contribution >= 0.6 is 27.5 Å². The molecule has 0 bridgehead atoms. The van der Waals surface area contributed by atoms with Crippen LogP contribution in [0, 0.1) is 5.92 Å².